The van der Waals surface area contributed by atoms with Gasteiger partial charge in [-0.25, -0.2) is 0 Å². The Hall–Kier alpha value is -1.74. The molecule has 0 radical (unpaired) electrons. The Labute approximate surface area is 124 Å². The molecule has 0 atom stereocenters. The predicted molar refractivity (Wildman–Crippen MR) is 83.8 cm³/mol. The highest BCUT2D eigenvalue weighted by molar-refractivity contribution is 7.99. The highest BCUT2D eigenvalue weighted by Gasteiger charge is 2.04. The summed E-state index contributed by atoms with van der Waals surface area (Å²) in [4.78, 5) is 12.5. The fourth-order valence-corrected chi connectivity index (χ4v) is 2.61. The number of Topliss-reactive ketones (excluding diaryl/α,β-unsaturated/α-hetero) is 1. The minimum Gasteiger partial charge on any atom is -0.492 e. The van der Waals surface area contributed by atoms with Gasteiger partial charge in [-0.3, -0.25) is 4.79 Å². The molecule has 0 fully saturated rings. The zero-order chi connectivity index (χ0) is 14.4. The van der Waals surface area contributed by atoms with Crippen molar-refractivity contribution in [2.75, 3.05) is 12.4 Å². The lowest BCUT2D eigenvalue weighted by Crippen LogP contribution is -2.02. The Balaban J connectivity index is 1.84. The first-order chi connectivity index (χ1) is 9.66. The smallest absolute Gasteiger partial charge is 0.159 e. The van der Waals surface area contributed by atoms with Crippen LogP contribution in [0.3, 0.4) is 0 Å². The van der Waals surface area contributed by atoms with Gasteiger partial charge in [-0.05, 0) is 49.7 Å². The molecule has 0 amide bonds. The van der Waals surface area contributed by atoms with Gasteiger partial charge in [-0.1, -0.05) is 18.2 Å². The van der Waals surface area contributed by atoms with Crippen molar-refractivity contribution < 1.29 is 9.53 Å². The molecule has 104 valence electrons. The van der Waals surface area contributed by atoms with E-state index in [1.165, 1.54) is 4.90 Å². The monoisotopic (exact) mass is 286 g/mol. The zero-order valence-electron chi connectivity index (χ0n) is 11.8. The fourth-order valence-electron chi connectivity index (χ4n) is 1.86. The lowest BCUT2D eigenvalue weighted by molar-refractivity contribution is 0.101. The number of carbonyl (C=O) groups excluding carboxylic acids is 1. The van der Waals surface area contributed by atoms with E-state index in [9.17, 15) is 4.79 Å². The number of ketones is 1. The average Bonchev–Trinajstić information content (AvgIpc) is 2.46. The molecule has 3 heteroatoms. The molecule has 0 aliphatic carbocycles. The van der Waals surface area contributed by atoms with Crippen LogP contribution in [0.2, 0.25) is 0 Å². The second-order valence-corrected chi connectivity index (χ2v) is 5.71. The summed E-state index contributed by atoms with van der Waals surface area (Å²) in [5.41, 5.74) is 1.73. The zero-order valence-corrected chi connectivity index (χ0v) is 12.6. The largest absolute Gasteiger partial charge is 0.492 e. The second-order valence-electron chi connectivity index (χ2n) is 4.55. The van der Waals surface area contributed by atoms with Gasteiger partial charge < -0.3 is 4.74 Å². The molecule has 0 aliphatic rings. The van der Waals surface area contributed by atoms with Crippen LogP contribution in [0.25, 0.3) is 0 Å². The molecule has 0 saturated carbocycles. The minimum atomic E-state index is 0.0827. The van der Waals surface area contributed by atoms with Crippen molar-refractivity contribution in [2.24, 2.45) is 0 Å². The van der Waals surface area contributed by atoms with E-state index in [1.54, 1.807) is 18.7 Å². The lowest BCUT2D eigenvalue weighted by Gasteiger charge is -2.09. The fraction of sp³-hybridized carbons (Fsp3) is 0.235. The Morgan fingerprint density at radius 2 is 1.90 bits per heavy atom. The Morgan fingerprint density at radius 1 is 1.15 bits per heavy atom. The van der Waals surface area contributed by atoms with Crippen LogP contribution in [0.5, 0.6) is 5.75 Å². The molecule has 20 heavy (non-hydrogen) atoms. The predicted octanol–water partition coefficient (Wildman–Crippen LogP) is 4.37. The summed E-state index contributed by atoms with van der Waals surface area (Å²) < 4.78 is 5.76. The second kappa shape index (κ2) is 7.15. The molecule has 0 N–H and O–H groups in total. The third-order valence-electron chi connectivity index (χ3n) is 2.93. The quantitative estimate of drug-likeness (QED) is 0.448. The number of thioether (sulfide) groups is 1. The summed E-state index contributed by atoms with van der Waals surface area (Å²) >= 11 is 1.77. The molecule has 2 aromatic carbocycles. The lowest BCUT2D eigenvalue weighted by atomic mass is 10.1. The van der Waals surface area contributed by atoms with Crippen molar-refractivity contribution >= 4 is 17.5 Å². The Morgan fingerprint density at radius 3 is 2.55 bits per heavy atom. The van der Waals surface area contributed by atoms with Crippen molar-refractivity contribution in [1.29, 1.82) is 0 Å². The van der Waals surface area contributed by atoms with Crippen LogP contribution >= 0.6 is 11.8 Å². The van der Waals surface area contributed by atoms with Gasteiger partial charge in [-0.15, -0.1) is 11.8 Å². The molecule has 0 aliphatic heterocycles. The van der Waals surface area contributed by atoms with Crippen molar-refractivity contribution in [3.8, 4) is 5.75 Å². The first-order valence-electron chi connectivity index (χ1n) is 6.59. The van der Waals surface area contributed by atoms with E-state index in [0.29, 0.717) is 6.61 Å². The van der Waals surface area contributed by atoms with E-state index in [-0.39, 0.29) is 5.78 Å². The van der Waals surface area contributed by atoms with Gasteiger partial charge >= 0.3 is 0 Å². The average molecular weight is 286 g/mol. The third kappa shape index (κ3) is 4.14. The first-order valence-corrected chi connectivity index (χ1v) is 7.57. The van der Waals surface area contributed by atoms with E-state index < -0.39 is 0 Å². The van der Waals surface area contributed by atoms with Crippen LogP contribution in [0.15, 0.2) is 53.4 Å². The molecule has 0 aromatic heterocycles. The van der Waals surface area contributed by atoms with Crippen LogP contribution < -0.4 is 4.74 Å². The van der Waals surface area contributed by atoms with Gasteiger partial charge in [0.25, 0.3) is 0 Å². The molecular formula is C17H18O2S. The molecular weight excluding hydrogens is 268 g/mol. The number of hydrogen-bond acceptors (Lipinski definition) is 3. The van der Waals surface area contributed by atoms with E-state index >= 15 is 0 Å². The van der Waals surface area contributed by atoms with Gasteiger partial charge in [-0.2, -0.15) is 0 Å². The molecule has 0 spiro atoms. The maximum absolute atomic E-state index is 11.3. The van der Waals surface area contributed by atoms with E-state index in [1.807, 2.05) is 43.3 Å². The molecule has 0 unspecified atom stereocenters. The van der Waals surface area contributed by atoms with E-state index in [4.69, 9.17) is 4.74 Å². The van der Waals surface area contributed by atoms with Gasteiger partial charge in [0.2, 0.25) is 0 Å². The highest BCUT2D eigenvalue weighted by Crippen LogP contribution is 2.21. The van der Waals surface area contributed by atoms with Crippen molar-refractivity contribution in [3.05, 3.63) is 59.7 Å². The summed E-state index contributed by atoms with van der Waals surface area (Å²) in [5.74, 6) is 1.83. The summed E-state index contributed by atoms with van der Waals surface area (Å²) in [5, 5.41) is 0. The van der Waals surface area contributed by atoms with Gasteiger partial charge in [0.15, 0.2) is 5.78 Å². The number of rotatable bonds is 6. The van der Waals surface area contributed by atoms with Crippen LogP contribution in [0.1, 0.15) is 22.8 Å². The summed E-state index contributed by atoms with van der Waals surface area (Å²) in [7, 11) is 0. The summed E-state index contributed by atoms with van der Waals surface area (Å²) in [6.07, 6.45) is 0. The first kappa shape index (κ1) is 14.7. The van der Waals surface area contributed by atoms with Crippen LogP contribution in [0, 0.1) is 6.92 Å². The Kier molecular flexibility index (Phi) is 5.24. The van der Waals surface area contributed by atoms with Crippen molar-refractivity contribution in [1.82, 2.24) is 0 Å². The minimum absolute atomic E-state index is 0.0827. The number of aryl methyl sites for hydroxylation is 1. The van der Waals surface area contributed by atoms with Crippen LogP contribution in [-0.2, 0) is 0 Å². The maximum Gasteiger partial charge on any atom is 0.159 e. The summed E-state index contributed by atoms with van der Waals surface area (Å²) in [6.45, 7) is 4.19. The van der Waals surface area contributed by atoms with E-state index in [2.05, 4.69) is 12.1 Å². The third-order valence-corrected chi connectivity index (χ3v) is 3.91. The normalized spacial score (nSPS) is 10.3. The SMILES string of the molecule is CC(=O)c1ccc(OCCSc2ccccc2)c(C)c1. The topological polar surface area (TPSA) is 26.3 Å². The molecule has 2 rings (SSSR count). The number of ether oxygens (including phenoxy) is 1. The van der Waals surface area contributed by atoms with Gasteiger partial charge in [0, 0.05) is 16.2 Å². The van der Waals surface area contributed by atoms with Crippen molar-refractivity contribution in [2.45, 2.75) is 18.7 Å². The number of hydrogen-bond donors (Lipinski definition) is 0. The maximum atomic E-state index is 11.3. The van der Waals surface area contributed by atoms with Gasteiger partial charge in [0.1, 0.15) is 5.75 Å². The molecule has 0 bridgehead atoms. The molecule has 0 heterocycles. The summed E-state index contributed by atoms with van der Waals surface area (Å²) in [6, 6.07) is 15.8. The van der Waals surface area contributed by atoms with Crippen molar-refractivity contribution in [3.63, 3.8) is 0 Å². The molecule has 0 saturated heterocycles. The standard InChI is InChI=1S/C17H18O2S/c1-13-12-15(14(2)18)8-9-17(13)19-10-11-20-16-6-4-3-5-7-16/h3-9,12H,10-11H2,1-2H3. The Bertz CT molecular complexity index is 579. The number of carbonyl (C=O) groups is 1. The van der Waals surface area contributed by atoms with E-state index in [0.717, 1.165) is 22.6 Å². The van der Waals surface area contributed by atoms with Gasteiger partial charge in [0.05, 0.1) is 6.61 Å². The van der Waals surface area contributed by atoms with Crippen LogP contribution in [0.4, 0.5) is 0 Å². The highest BCUT2D eigenvalue weighted by atomic mass is 32.2. The van der Waals surface area contributed by atoms with Crippen LogP contribution in [-0.4, -0.2) is 18.1 Å². The number of benzene rings is 2. The molecule has 2 aromatic rings. The molecule has 2 nitrogen and oxygen atoms in total.